The van der Waals surface area contributed by atoms with Crippen LogP contribution >= 0.6 is 0 Å². The van der Waals surface area contributed by atoms with E-state index in [0.717, 1.165) is 6.42 Å². The summed E-state index contributed by atoms with van der Waals surface area (Å²) in [7, 11) is 1.59. The van der Waals surface area contributed by atoms with E-state index >= 15 is 0 Å². The predicted octanol–water partition coefficient (Wildman–Crippen LogP) is -0.614. The Kier molecular flexibility index (Phi) is 5.93. The molecule has 6 nitrogen and oxygen atoms in total. The first-order chi connectivity index (χ1) is 8.13. The number of rotatable bonds is 6. The van der Waals surface area contributed by atoms with Crippen molar-refractivity contribution in [2.45, 2.75) is 19.4 Å². The number of nitrogens with one attached hydrogen (secondary N) is 1. The van der Waals surface area contributed by atoms with Gasteiger partial charge in [-0.05, 0) is 6.42 Å². The van der Waals surface area contributed by atoms with Crippen molar-refractivity contribution in [3.8, 4) is 0 Å². The van der Waals surface area contributed by atoms with E-state index in [1.54, 1.807) is 12.0 Å². The molecule has 0 spiro atoms. The van der Waals surface area contributed by atoms with E-state index in [9.17, 15) is 9.59 Å². The molecule has 0 saturated carbocycles. The number of likely N-dealkylation sites (tertiary alicyclic amines) is 1. The number of amides is 2. The quantitative estimate of drug-likeness (QED) is 0.633. The Hall–Kier alpha value is -1.14. The summed E-state index contributed by atoms with van der Waals surface area (Å²) in [5, 5.41) is 2.81. The highest BCUT2D eigenvalue weighted by atomic mass is 16.5. The fraction of sp³-hybridized carbons (Fsp3) is 0.818. The SMILES string of the molecule is COCCOCC(=O)N1CCC(NC(C)=O)C1. The van der Waals surface area contributed by atoms with Gasteiger partial charge in [-0.2, -0.15) is 0 Å². The third-order valence-electron chi connectivity index (χ3n) is 2.61. The zero-order valence-corrected chi connectivity index (χ0v) is 10.4. The van der Waals surface area contributed by atoms with Gasteiger partial charge in [-0.1, -0.05) is 0 Å². The molecule has 0 aromatic rings. The lowest BCUT2D eigenvalue weighted by atomic mass is 10.3. The molecule has 0 aromatic carbocycles. The smallest absolute Gasteiger partial charge is 0.248 e. The van der Waals surface area contributed by atoms with Gasteiger partial charge in [-0.3, -0.25) is 9.59 Å². The summed E-state index contributed by atoms with van der Waals surface area (Å²) in [6, 6.07) is 0.0791. The van der Waals surface area contributed by atoms with Crippen LogP contribution in [0, 0.1) is 0 Å². The molecule has 98 valence electrons. The Bertz CT molecular complexity index is 270. The second-order valence-electron chi connectivity index (χ2n) is 4.07. The Labute approximate surface area is 101 Å². The van der Waals surface area contributed by atoms with Gasteiger partial charge in [0.15, 0.2) is 0 Å². The van der Waals surface area contributed by atoms with Crippen LogP contribution in [0.15, 0.2) is 0 Å². The summed E-state index contributed by atoms with van der Waals surface area (Å²) in [4.78, 5) is 24.3. The first kappa shape index (κ1) is 13.9. The summed E-state index contributed by atoms with van der Waals surface area (Å²) in [5.74, 6) is -0.0883. The zero-order chi connectivity index (χ0) is 12.7. The van der Waals surface area contributed by atoms with Crippen molar-refractivity contribution in [1.82, 2.24) is 10.2 Å². The van der Waals surface area contributed by atoms with Crippen molar-refractivity contribution in [3.63, 3.8) is 0 Å². The molecule has 0 bridgehead atoms. The van der Waals surface area contributed by atoms with Crippen LogP contribution in [-0.2, 0) is 19.1 Å². The number of carbonyl (C=O) groups is 2. The molecule has 1 saturated heterocycles. The lowest BCUT2D eigenvalue weighted by Gasteiger charge is -2.16. The van der Waals surface area contributed by atoms with Gasteiger partial charge < -0.3 is 19.7 Å². The molecule has 17 heavy (non-hydrogen) atoms. The van der Waals surface area contributed by atoms with Crippen molar-refractivity contribution < 1.29 is 19.1 Å². The minimum Gasteiger partial charge on any atom is -0.382 e. The largest absolute Gasteiger partial charge is 0.382 e. The summed E-state index contributed by atoms with van der Waals surface area (Å²) in [6.45, 7) is 3.73. The maximum atomic E-state index is 11.7. The Balaban J connectivity index is 2.18. The highest BCUT2D eigenvalue weighted by molar-refractivity contribution is 5.78. The van der Waals surface area contributed by atoms with E-state index in [0.29, 0.717) is 26.3 Å². The molecule has 1 fully saturated rings. The first-order valence-electron chi connectivity index (χ1n) is 5.75. The van der Waals surface area contributed by atoms with Crippen LogP contribution in [0.4, 0.5) is 0 Å². The fourth-order valence-electron chi connectivity index (χ4n) is 1.79. The Morgan fingerprint density at radius 3 is 2.82 bits per heavy atom. The van der Waals surface area contributed by atoms with Gasteiger partial charge in [-0.25, -0.2) is 0 Å². The normalized spacial score (nSPS) is 19.4. The Morgan fingerprint density at radius 2 is 2.18 bits per heavy atom. The minimum atomic E-state index is -0.0550. The summed E-state index contributed by atoms with van der Waals surface area (Å²) in [6.07, 6.45) is 0.809. The lowest BCUT2D eigenvalue weighted by molar-refractivity contribution is -0.135. The first-order valence-corrected chi connectivity index (χ1v) is 5.75. The van der Waals surface area contributed by atoms with E-state index in [-0.39, 0.29) is 24.5 Å². The molecular formula is C11H20N2O4. The van der Waals surface area contributed by atoms with Crippen molar-refractivity contribution in [1.29, 1.82) is 0 Å². The summed E-state index contributed by atoms with van der Waals surface area (Å²) in [5.41, 5.74) is 0. The molecule has 1 unspecified atom stereocenters. The number of nitrogens with zero attached hydrogens (tertiary/aromatic N) is 1. The molecule has 0 aliphatic carbocycles. The van der Waals surface area contributed by atoms with Crippen LogP contribution in [-0.4, -0.2) is 62.8 Å². The summed E-state index contributed by atoms with van der Waals surface area (Å²) < 4.78 is 9.97. The minimum absolute atomic E-state index is 0.0334. The molecule has 1 N–H and O–H groups in total. The second-order valence-corrected chi connectivity index (χ2v) is 4.07. The molecular weight excluding hydrogens is 224 g/mol. The predicted molar refractivity (Wildman–Crippen MR) is 61.5 cm³/mol. The molecule has 0 radical (unpaired) electrons. The molecule has 1 aliphatic rings. The maximum Gasteiger partial charge on any atom is 0.248 e. The van der Waals surface area contributed by atoms with Gasteiger partial charge in [0.05, 0.1) is 13.2 Å². The van der Waals surface area contributed by atoms with E-state index in [1.807, 2.05) is 0 Å². The van der Waals surface area contributed by atoms with Crippen LogP contribution < -0.4 is 5.32 Å². The van der Waals surface area contributed by atoms with Crippen LogP contribution in [0.3, 0.4) is 0 Å². The van der Waals surface area contributed by atoms with Crippen molar-refractivity contribution in [2.24, 2.45) is 0 Å². The molecule has 1 atom stereocenters. The molecule has 6 heteroatoms. The molecule has 1 rings (SSSR count). The zero-order valence-electron chi connectivity index (χ0n) is 10.4. The number of ether oxygens (including phenoxy) is 2. The number of methoxy groups -OCH3 is 1. The highest BCUT2D eigenvalue weighted by Crippen LogP contribution is 2.09. The third kappa shape index (κ3) is 5.14. The number of hydrogen-bond acceptors (Lipinski definition) is 4. The standard InChI is InChI=1S/C11H20N2O4/c1-9(14)12-10-3-4-13(7-10)11(15)8-17-6-5-16-2/h10H,3-8H2,1-2H3,(H,12,14). The van der Waals surface area contributed by atoms with Crippen LogP contribution in [0.25, 0.3) is 0 Å². The van der Waals surface area contributed by atoms with Crippen LogP contribution in [0.2, 0.25) is 0 Å². The molecule has 1 heterocycles. The van der Waals surface area contributed by atoms with Crippen LogP contribution in [0.5, 0.6) is 0 Å². The highest BCUT2D eigenvalue weighted by Gasteiger charge is 2.26. The van der Waals surface area contributed by atoms with E-state index < -0.39 is 0 Å². The molecule has 0 aromatic heterocycles. The topological polar surface area (TPSA) is 67.9 Å². The maximum absolute atomic E-state index is 11.7. The monoisotopic (exact) mass is 244 g/mol. The average molecular weight is 244 g/mol. The molecule has 2 amide bonds. The van der Waals surface area contributed by atoms with Gasteiger partial charge in [0.25, 0.3) is 0 Å². The van der Waals surface area contributed by atoms with Gasteiger partial charge in [0.2, 0.25) is 11.8 Å². The Morgan fingerprint density at radius 1 is 1.41 bits per heavy atom. The van der Waals surface area contributed by atoms with Gasteiger partial charge in [0, 0.05) is 33.2 Å². The second kappa shape index (κ2) is 7.24. The number of carbonyl (C=O) groups excluding carboxylic acids is 2. The van der Waals surface area contributed by atoms with E-state index in [4.69, 9.17) is 9.47 Å². The van der Waals surface area contributed by atoms with E-state index in [1.165, 1.54) is 6.92 Å². The summed E-state index contributed by atoms with van der Waals surface area (Å²) >= 11 is 0. The number of hydrogen-bond donors (Lipinski definition) is 1. The van der Waals surface area contributed by atoms with Crippen molar-refractivity contribution in [2.75, 3.05) is 40.0 Å². The third-order valence-corrected chi connectivity index (χ3v) is 2.61. The van der Waals surface area contributed by atoms with E-state index in [2.05, 4.69) is 5.32 Å². The van der Waals surface area contributed by atoms with Gasteiger partial charge in [0.1, 0.15) is 6.61 Å². The lowest BCUT2D eigenvalue weighted by Crippen LogP contribution is -2.38. The van der Waals surface area contributed by atoms with Crippen molar-refractivity contribution >= 4 is 11.8 Å². The van der Waals surface area contributed by atoms with Gasteiger partial charge >= 0.3 is 0 Å². The van der Waals surface area contributed by atoms with Crippen molar-refractivity contribution in [3.05, 3.63) is 0 Å². The van der Waals surface area contributed by atoms with Gasteiger partial charge in [-0.15, -0.1) is 0 Å². The average Bonchev–Trinajstić information content (AvgIpc) is 2.71. The molecule has 1 aliphatic heterocycles. The fourth-order valence-corrected chi connectivity index (χ4v) is 1.79. The van der Waals surface area contributed by atoms with Crippen LogP contribution in [0.1, 0.15) is 13.3 Å².